The molecule has 0 saturated heterocycles. The van der Waals surface area contributed by atoms with Gasteiger partial charge in [0.25, 0.3) is 0 Å². The highest BCUT2D eigenvalue weighted by molar-refractivity contribution is 5.41. The summed E-state index contributed by atoms with van der Waals surface area (Å²) >= 11 is 0. The van der Waals surface area contributed by atoms with Crippen LogP contribution in [-0.4, -0.2) is 0 Å². The molecule has 1 fully saturated rings. The first-order chi connectivity index (χ1) is 5.77. The van der Waals surface area contributed by atoms with Gasteiger partial charge in [0, 0.05) is 0 Å². The highest BCUT2D eigenvalue weighted by Crippen LogP contribution is 2.47. The Hall–Kier alpha value is -1.22. The zero-order valence-electron chi connectivity index (χ0n) is 7.30. The van der Waals surface area contributed by atoms with Crippen LogP contribution in [-0.2, 0) is 5.41 Å². The monoisotopic (exact) mass is 156 g/mol. The molecule has 0 heteroatoms. The fraction of sp³-hybridized carbons (Fsp3) is 0.333. The summed E-state index contributed by atoms with van der Waals surface area (Å²) in [6.45, 7) is 2.11. The number of benzene rings is 1. The molecule has 1 saturated carbocycles. The number of rotatable bonds is 1. The van der Waals surface area contributed by atoms with E-state index in [1.165, 1.54) is 11.1 Å². The molecule has 0 atom stereocenters. The first-order valence-corrected chi connectivity index (χ1v) is 4.32. The maximum atomic E-state index is 5.50. The van der Waals surface area contributed by atoms with Crippen molar-refractivity contribution in [3.05, 3.63) is 35.4 Å². The molecule has 60 valence electrons. The van der Waals surface area contributed by atoms with Crippen molar-refractivity contribution >= 4 is 0 Å². The van der Waals surface area contributed by atoms with E-state index in [0.29, 0.717) is 0 Å². The van der Waals surface area contributed by atoms with Crippen LogP contribution in [0, 0.1) is 19.3 Å². The Morgan fingerprint density at radius 3 is 2.67 bits per heavy atom. The van der Waals surface area contributed by atoms with Crippen molar-refractivity contribution in [2.75, 3.05) is 0 Å². The smallest absolute Gasteiger partial charge is 0.0561 e. The van der Waals surface area contributed by atoms with Crippen LogP contribution in [0.25, 0.3) is 0 Å². The van der Waals surface area contributed by atoms with Gasteiger partial charge in [-0.3, -0.25) is 0 Å². The summed E-state index contributed by atoms with van der Waals surface area (Å²) in [6, 6.07) is 8.53. The summed E-state index contributed by atoms with van der Waals surface area (Å²) in [6.07, 6.45) is 7.82. The third kappa shape index (κ3) is 1.02. The molecule has 1 aliphatic rings. The van der Waals surface area contributed by atoms with E-state index < -0.39 is 0 Å². The molecule has 12 heavy (non-hydrogen) atoms. The lowest BCUT2D eigenvalue weighted by Crippen LogP contribution is -2.01. The first kappa shape index (κ1) is 7.43. The van der Waals surface area contributed by atoms with Gasteiger partial charge < -0.3 is 0 Å². The minimum Gasteiger partial charge on any atom is -0.119 e. The van der Waals surface area contributed by atoms with Crippen molar-refractivity contribution in [1.82, 2.24) is 0 Å². The molecule has 0 nitrogen and oxygen atoms in total. The summed E-state index contributed by atoms with van der Waals surface area (Å²) < 4.78 is 0. The molecule has 1 aromatic rings. The topological polar surface area (TPSA) is 0 Å². The van der Waals surface area contributed by atoms with Gasteiger partial charge in [0.1, 0.15) is 0 Å². The van der Waals surface area contributed by atoms with Crippen LogP contribution in [0.4, 0.5) is 0 Å². The Bertz CT molecular complexity index is 337. The normalized spacial score (nSPS) is 18.3. The van der Waals surface area contributed by atoms with Crippen LogP contribution in [0.5, 0.6) is 0 Å². The van der Waals surface area contributed by atoms with Gasteiger partial charge in [-0.05, 0) is 25.3 Å². The fourth-order valence-electron chi connectivity index (χ4n) is 1.58. The van der Waals surface area contributed by atoms with Crippen molar-refractivity contribution in [3.8, 4) is 12.3 Å². The van der Waals surface area contributed by atoms with E-state index >= 15 is 0 Å². The molecule has 0 radical (unpaired) electrons. The van der Waals surface area contributed by atoms with Gasteiger partial charge in [0.2, 0.25) is 0 Å². The molecule has 0 unspecified atom stereocenters. The van der Waals surface area contributed by atoms with Crippen molar-refractivity contribution in [3.63, 3.8) is 0 Å². The summed E-state index contributed by atoms with van der Waals surface area (Å²) in [5.41, 5.74) is 2.73. The number of hydrogen-bond donors (Lipinski definition) is 0. The summed E-state index contributed by atoms with van der Waals surface area (Å²) in [5, 5.41) is 0. The first-order valence-electron chi connectivity index (χ1n) is 4.32. The van der Waals surface area contributed by atoms with Crippen LogP contribution in [0.15, 0.2) is 24.3 Å². The summed E-state index contributed by atoms with van der Waals surface area (Å²) in [5.74, 6) is 2.90. The quantitative estimate of drug-likeness (QED) is 0.548. The van der Waals surface area contributed by atoms with Gasteiger partial charge in [-0.2, -0.15) is 0 Å². The Kier molecular flexibility index (Phi) is 1.48. The highest BCUT2D eigenvalue weighted by atomic mass is 14.4. The second kappa shape index (κ2) is 2.38. The average Bonchev–Trinajstić information content (AvgIpc) is 2.84. The zero-order valence-corrected chi connectivity index (χ0v) is 7.30. The number of terminal acetylenes is 1. The molecule has 0 aliphatic heterocycles. The van der Waals surface area contributed by atoms with Crippen molar-refractivity contribution in [1.29, 1.82) is 0 Å². The van der Waals surface area contributed by atoms with E-state index in [1.807, 2.05) is 0 Å². The largest absolute Gasteiger partial charge is 0.119 e. The molecule has 1 aliphatic carbocycles. The molecular formula is C12H12. The Balaban J connectivity index is 2.42. The van der Waals surface area contributed by atoms with Crippen LogP contribution in [0.2, 0.25) is 0 Å². The van der Waals surface area contributed by atoms with Gasteiger partial charge in [0.15, 0.2) is 0 Å². The van der Waals surface area contributed by atoms with E-state index in [0.717, 1.165) is 12.8 Å². The Morgan fingerprint density at radius 2 is 2.17 bits per heavy atom. The van der Waals surface area contributed by atoms with Gasteiger partial charge >= 0.3 is 0 Å². The fourth-order valence-corrected chi connectivity index (χ4v) is 1.58. The standard InChI is InChI=1S/C12H12/c1-3-12(7-8-12)11-6-4-5-10(2)9-11/h1,4-6,9H,7-8H2,2H3. The third-order valence-corrected chi connectivity index (χ3v) is 2.60. The Morgan fingerprint density at radius 1 is 1.42 bits per heavy atom. The van der Waals surface area contributed by atoms with Crippen molar-refractivity contribution in [2.45, 2.75) is 25.2 Å². The van der Waals surface area contributed by atoms with E-state index in [9.17, 15) is 0 Å². The van der Waals surface area contributed by atoms with E-state index in [-0.39, 0.29) is 5.41 Å². The highest BCUT2D eigenvalue weighted by Gasteiger charge is 2.42. The lowest BCUT2D eigenvalue weighted by atomic mass is 9.96. The van der Waals surface area contributed by atoms with E-state index in [1.54, 1.807) is 0 Å². The minimum atomic E-state index is 0.103. The SMILES string of the molecule is C#CC1(c2cccc(C)c2)CC1. The lowest BCUT2D eigenvalue weighted by molar-refractivity contribution is 0.928. The maximum Gasteiger partial charge on any atom is 0.0561 e. The van der Waals surface area contributed by atoms with Crippen LogP contribution in [0.1, 0.15) is 24.0 Å². The van der Waals surface area contributed by atoms with Crippen molar-refractivity contribution in [2.24, 2.45) is 0 Å². The summed E-state index contributed by atoms with van der Waals surface area (Å²) in [7, 11) is 0. The zero-order chi connectivity index (χ0) is 8.60. The lowest BCUT2D eigenvalue weighted by Gasteiger charge is -2.07. The molecule has 2 rings (SSSR count). The second-order valence-corrected chi connectivity index (χ2v) is 3.60. The van der Waals surface area contributed by atoms with Crippen molar-refractivity contribution < 1.29 is 0 Å². The van der Waals surface area contributed by atoms with Gasteiger partial charge in [0.05, 0.1) is 5.41 Å². The van der Waals surface area contributed by atoms with Gasteiger partial charge in [-0.15, -0.1) is 6.42 Å². The molecular weight excluding hydrogens is 144 g/mol. The molecule has 1 aromatic carbocycles. The van der Waals surface area contributed by atoms with Crippen LogP contribution in [0.3, 0.4) is 0 Å². The van der Waals surface area contributed by atoms with Crippen LogP contribution >= 0.6 is 0 Å². The predicted molar refractivity (Wildman–Crippen MR) is 50.9 cm³/mol. The molecule has 0 bridgehead atoms. The maximum absolute atomic E-state index is 5.50. The van der Waals surface area contributed by atoms with E-state index in [4.69, 9.17) is 6.42 Å². The molecule has 0 aromatic heterocycles. The third-order valence-electron chi connectivity index (χ3n) is 2.60. The number of aryl methyl sites for hydroxylation is 1. The Labute approximate surface area is 73.6 Å². The number of hydrogen-bond acceptors (Lipinski definition) is 0. The predicted octanol–water partition coefficient (Wildman–Crippen LogP) is 2.66. The second-order valence-electron chi connectivity index (χ2n) is 3.60. The molecule has 0 amide bonds. The minimum absolute atomic E-state index is 0.103. The summed E-state index contributed by atoms with van der Waals surface area (Å²) in [4.78, 5) is 0. The molecule has 0 heterocycles. The molecule has 0 N–H and O–H groups in total. The van der Waals surface area contributed by atoms with Gasteiger partial charge in [-0.1, -0.05) is 35.7 Å². The van der Waals surface area contributed by atoms with Gasteiger partial charge in [-0.25, -0.2) is 0 Å². The average molecular weight is 156 g/mol. The van der Waals surface area contributed by atoms with Crippen LogP contribution < -0.4 is 0 Å². The molecule has 0 spiro atoms. The van der Waals surface area contributed by atoms with E-state index in [2.05, 4.69) is 37.1 Å².